The fraction of sp³-hybridized carbons (Fsp3) is 0. The molecule has 0 aliphatic rings. The van der Waals surface area contributed by atoms with Gasteiger partial charge in [-0.1, -0.05) is 24.3 Å². The van der Waals surface area contributed by atoms with Gasteiger partial charge in [0.05, 0.1) is 11.1 Å². The van der Waals surface area contributed by atoms with E-state index in [1.165, 1.54) is 12.1 Å². The zero-order valence-corrected chi connectivity index (χ0v) is 9.92. The molecule has 0 fully saturated rings. The van der Waals surface area contributed by atoms with Crippen molar-refractivity contribution < 1.29 is 10.2 Å². The minimum absolute atomic E-state index is 0.0509. The number of para-hydroxylation sites is 1. The molecule has 0 bridgehead atoms. The lowest BCUT2D eigenvalue weighted by atomic mass is 10.0. The van der Waals surface area contributed by atoms with Gasteiger partial charge in [-0.2, -0.15) is 0 Å². The second-order valence-electron chi connectivity index (χ2n) is 4.27. The number of nitrogens with one attached hydrogen (secondary N) is 1. The van der Waals surface area contributed by atoms with Gasteiger partial charge in [-0.05, 0) is 29.8 Å². The molecule has 0 amide bonds. The van der Waals surface area contributed by atoms with Gasteiger partial charge in [0.15, 0.2) is 0 Å². The lowest BCUT2D eigenvalue weighted by Crippen LogP contribution is -2.09. The van der Waals surface area contributed by atoms with Crippen LogP contribution in [0.2, 0.25) is 0 Å². The van der Waals surface area contributed by atoms with E-state index in [9.17, 15) is 15.0 Å². The Balaban J connectivity index is 2.35. The maximum absolute atomic E-state index is 12.1. The van der Waals surface area contributed by atoms with Crippen LogP contribution in [0.5, 0.6) is 11.5 Å². The average molecular weight is 253 g/mol. The smallest absolute Gasteiger partial charge is 0.260 e. The summed E-state index contributed by atoms with van der Waals surface area (Å²) >= 11 is 0. The van der Waals surface area contributed by atoms with Crippen molar-refractivity contribution in [3.05, 3.63) is 58.9 Å². The largest absolute Gasteiger partial charge is 0.508 e. The number of hydrogen-bond donors (Lipinski definition) is 3. The molecule has 3 aromatic rings. The molecular weight excluding hydrogens is 242 g/mol. The van der Waals surface area contributed by atoms with Crippen LogP contribution in [-0.2, 0) is 0 Å². The first-order chi connectivity index (χ1) is 9.16. The number of aromatic nitrogens is 1. The molecule has 4 heteroatoms. The molecule has 0 saturated carbocycles. The predicted molar refractivity (Wildman–Crippen MR) is 73.3 cm³/mol. The monoisotopic (exact) mass is 253 g/mol. The van der Waals surface area contributed by atoms with E-state index >= 15 is 0 Å². The molecule has 3 rings (SSSR count). The third kappa shape index (κ3) is 1.83. The molecular formula is C15H11NO3. The molecule has 0 aliphatic carbocycles. The van der Waals surface area contributed by atoms with Gasteiger partial charge in [0.25, 0.3) is 5.56 Å². The standard InChI is InChI=1S/C15H11NO3/c17-10-7-5-9(6-8-10)13-14(18)11-3-1-2-4-12(11)16-15(13)19/h1-8,17H,(H2,16,18,19). The van der Waals surface area contributed by atoms with Gasteiger partial charge in [-0.25, -0.2) is 0 Å². The number of aromatic amines is 1. The number of rotatable bonds is 1. The van der Waals surface area contributed by atoms with Crippen LogP contribution in [-0.4, -0.2) is 15.2 Å². The Kier molecular flexibility index (Phi) is 2.49. The van der Waals surface area contributed by atoms with Crippen molar-refractivity contribution >= 4 is 10.9 Å². The molecule has 0 spiro atoms. The lowest BCUT2D eigenvalue weighted by Gasteiger charge is -2.07. The van der Waals surface area contributed by atoms with Gasteiger partial charge < -0.3 is 15.2 Å². The van der Waals surface area contributed by atoms with E-state index in [4.69, 9.17) is 0 Å². The summed E-state index contributed by atoms with van der Waals surface area (Å²) < 4.78 is 0. The lowest BCUT2D eigenvalue weighted by molar-refractivity contribution is 0.475. The third-order valence-electron chi connectivity index (χ3n) is 3.05. The average Bonchev–Trinajstić information content (AvgIpc) is 2.41. The molecule has 3 N–H and O–H groups in total. The Morgan fingerprint density at radius 2 is 1.58 bits per heavy atom. The van der Waals surface area contributed by atoms with E-state index < -0.39 is 0 Å². The van der Waals surface area contributed by atoms with Gasteiger partial charge in [0.1, 0.15) is 11.5 Å². The first kappa shape index (κ1) is 11.3. The number of fused-ring (bicyclic) bond motifs is 1. The van der Waals surface area contributed by atoms with Crippen molar-refractivity contribution in [2.45, 2.75) is 0 Å². The van der Waals surface area contributed by atoms with Gasteiger partial charge >= 0.3 is 0 Å². The summed E-state index contributed by atoms with van der Waals surface area (Å²) in [5.74, 6) is 0.0606. The van der Waals surface area contributed by atoms with E-state index in [-0.39, 0.29) is 22.6 Å². The Labute approximate surface area is 108 Å². The van der Waals surface area contributed by atoms with Gasteiger partial charge in [0.2, 0.25) is 0 Å². The van der Waals surface area contributed by atoms with Crippen LogP contribution in [0.25, 0.3) is 22.0 Å². The zero-order chi connectivity index (χ0) is 13.4. The summed E-state index contributed by atoms with van der Waals surface area (Å²) in [6.45, 7) is 0. The zero-order valence-electron chi connectivity index (χ0n) is 9.92. The van der Waals surface area contributed by atoms with Crippen molar-refractivity contribution in [2.24, 2.45) is 0 Å². The molecule has 0 atom stereocenters. The minimum Gasteiger partial charge on any atom is -0.508 e. The molecule has 19 heavy (non-hydrogen) atoms. The van der Waals surface area contributed by atoms with E-state index in [1.54, 1.807) is 36.4 Å². The van der Waals surface area contributed by atoms with Crippen molar-refractivity contribution in [1.82, 2.24) is 4.98 Å². The summed E-state index contributed by atoms with van der Waals surface area (Å²) in [6.07, 6.45) is 0. The topological polar surface area (TPSA) is 73.3 Å². The van der Waals surface area contributed by atoms with Crippen LogP contribution >= 0.6 is 0 Å². The highest BCUT2D eigenvalue weighted by Gasteiger charge is 2.13. The quantitative estimate of drug-likeness (QED) is 0.624. The molecule has 0 unspecified atom stereocenters. The normalized spacial score (nSPS) is 10.7. The number of pyridine rings is 1. The van der Waals surface area contributed by atoms with Crippen LogP contribution in [0, 0.1) is 0 Å². The fourth-order valence-corrected chi connectivity index (χ4v) is 2.12. The Bertz CT molecular complexity index is 804. The van der Waals surface area contributed by atoms with Crippen LogP contribution in [0.4, 0.5) is 0 Å². The fourth-order valence-electron chi connectivity index (χ4n) is 2.12. The Morgan fingerprint density at radius 1 is 0.895 bits per heavy atom. The van der Waals surface area contributed by atoms with Crippen molar-refractivity contribution in [2.75, 3.05) is 0 Å². The highest BCUT2D eigenvalue weighted by atomic mass is 16.3. The molecule has 4 nitrogen and oxygen atoms in total. The second kappa shape index (κ2) is 4.17. The molecule has 0 radical (unpaired) electrons. The van der Waals surface area contributed by atoms with Gasteiger partial charge in [-0.15, -0.1) is 0 Å². The summed E-state index contributed by atoms with van der Waals surface area (Å²) in [5.41, 5.74) is 0.996. The molecule has 0 saturated heterocycles. The van der Waals surface area contributed by atoms with Crippen LogP contribution < -0.4 is 5.56 Å². The highest BCUT2D eigenvalue weighted by Crippen LogP contribution is 2.32. The van der Waals surface area contributed by atoms with Crippen LogP contribution in [0.15, 0.2) is 53.3 Å². The Morgan fingerprint density at radius 3 is 2.32 bits per heavy atom. The molecule has 2 aromatic carbocycles. The summed E-state index contributed by atoms with van der Waals surface area (Å²) in [6, 6.07) is 13.2. The van der Waals surface area contributed by atoms with Crippen LogP contribution in [0.3, 0.4) is 0 Å². The number of benzene rings is 2. The van der Waals surface area contributed by atoms with E-state index in [0.29, 0.717) is 16.5 Å². The number of aromatic hydroxyl groups is 2. The van der Waals surface area contributed by atoms with E-state index in [2.05, 4.69) is 4.98 Å². The van der Waals surface area contributed by atoms with Gasteiger partial charge in [-0.3, -0.25) is 4.79 Å². The Hall–Kier alpha value is -2.75. The highest BCUT2D eigenvalue weighted by molar-refractivity contribution is 5.91. The first-order valence-electron chi connectivity index (χ1n) is 5.80. The maximum Gasteiger partial charge on any atom is 0.260 e. The molecule has 94 valence electrons. The predicted octanol–water partition coefficient (Wildman–Crippen LogP) is 2.61. The number of H-pyrrole nitrogens is 1. The summed E-state index contributed by atoms with van der Waals surface area (Å²) in [7, 11) is 0. The van der Waals surface area contributed by atoms with Crippen molar-refractivity contribution in [3.63, 3.8) is 0 Å². The van der Waals surface area contributed by atoms with E-state index in [0.717, 1.165) is 0 Å². The molecule has 1 heterocycles. The molecule has 0 aliphatic heterocycles. The third-order valence-corrected chi connectivity index (χ3v) is 3.05. The molecule has 1 aromatic heterocycles. The summed E-state index contributed by atoms with van der Waals surface area (Å²) in [4.78, 5) is 14.8. The van der Waals surface area contributed by atoms with Crippen LogP contribution in [0.1, 0.15) is 0 Å². The van der Waals surface area contributed by atoms with E-state index in [1.807, 2.05) is 0 Å². The maximum atomic E-state index is 12.1. The number of phenolic OH excluding ortho intramolecular Hbond substituents is 1. The second-order valence-corrected chi connectivity index (χ2v) is 4.27. The number of hydrogen-bond acceptors (Lipinski definition) is 3. The minimum atomic E-state index is -0.359. The first-order valence-corrected chi connectivity index (χ1v) is 5.80. The van der Waals surface area contributed by atoms with Crippen molar-refractivity contribution in [1.29, 1.82) is 0 Å². The summed E-state index contributed by atoms with van der Waals surface area (Å²) in [5, 5.41) is 20.1. The van der Waals surface area contributed by atoms with Crippen molar-refractivity contribution in [3.8, 4) is 22.6 Å². The van der Waals surface area contributed by atoms with Gasteiger partial charge in [0, 0.05) is 5.39 Å². The number of phenols is 1. The SMILES string of the molecule is O=c1[nH]c2ccccc2c(O)c1-c1ccc(O)cc1.